The molecule has 0 aromatic heterocycles. The summed E-state index contributed by atoms with van der Waals surface area (Å²) in [6, 6.07) is 0.617. The molecule has 66 valence electrons. The van der Waals surface area contributed by atoms with Gasteiger partial charge in [-0.2, -0.15) is 5.10 Å². The highest BCUT2D eigenvalue weighted by atomic mass is 32.1. The standard InChI is InChI=1S/C8H13N3S/c12-8(9-6-4-5-6)11-10-7-2-1-3-7/h6H,1-5H2,(H2,9,11,12). The van der Waals surface area contributed by atoms with E-state index >= 15 is 0 Å². The molecule has 0 aromatic carbocycles. The molecule has 0 unspecified atom stereocenters. The van der Waals surface area contributed by atoms with Crippen LogP contribution in [-0.4, -0.2) is 16.9 Å². The van der Waals surface area contributed by atoms with Crippen LogP contribution in [0.15, 0.2) is 5.10 Å². The van der Waals surface area contributed by atoms with Gasteiger partial charge in [0.25, 0.3) is 0 Å². The van der Waals surface area contributed by atoms with Crippen molar-refractivity contribution in [3.05, 3.63) is 0 Å². The Labute approximate surface area is 77.6 Å². The third-order valence-electron chi connectivity index (χ3n) is 2.16. The summed E-state index contributed by atoms with van der Waals surface area (Å²) in [5.41, 5.74) is 4.11. The van der Waals surface area contributed by atoms with E-state index in [0.717, 1.165) is 12.8 Å². The van der Waals surface area contributed by atoms with E-state index in [0.29, 0.717) is 11.2 Å². The average Bonchev–Trinajstić information content (AvgIpc) is 2.68. The monoisotopic (exact) mass is 183 g/mol. The maximum Gasteiger partial charge on any atom is 0.187 e. The normalized spacial score (nSPS) is 21.2. The molecular formula is C8H13N3S. The second-order valence-electron chi connectivity index (χ2n) is 3.39. The van der Waals surface area contributed by atoms with Gasteiger partial charge in [-0.05, 0) is 44.3 Å². The minimum Gasteiger partial charge on any atom is -0.359 e. The maximum absolute atomic E-state index is 5.03. The fourth-order valence-corrected chi connectivity index (χ4v) is 1.23. The second-order valence-corrected chi connectivity index (χ2v) is 3.80. The number of hydrazone groups is 1. The summed E-state index contributed by atoms with van der Waals surface area (Å²) < 4.78 is 0. The van der Waals surface area contributed by atoms with Crippen molar-refractivity contribution in [2.24, 2.45) is 5.10 Å². The molecule has 2 N–H and O–H groups in total. The zero-order chi connectivity index (χ0) is 8.39. The number of thiocarbonyl (C=S) groups is 1. The molecule has 0 heterocycles. The minimum atomic E-state index is 0.617. The maximum atomic E-state index is 5.03. The topological polar surface area (TPSA) is 36.4 Å². The van der Waals surface area contributed by atoms with E-state index in [4.69, 9.17) is 12.2 Å². The fourth-order valence-electron chi connectivity index (χ4n) is 1.02. The Balaban J connectivity index is 1.67. The lowest BCUT2D eigenvalue weighted by Crippen LogP contribution is -2.34. The number of nitrogens with one attached hydrogen (secondary N) is 2. The van der Waals surface area contributed by atoms with E-state index < -0.39 is 0 Å². The average molecular weight is 183 g/mol. The van der Waals surface area contributed by atoms with Gasteiger partial charge in [-0.1, -0.05) is 0 Å². The molecule has 2 aliphatic rings. The molecular weight excluding hydrogens is 170 g/mol. The van der Waals surface area contributed by atoms with Crippen LogP contribution in [0.1, 0.15) is 32.1 Å². The van der Waals surface area contributed by atoms with Crippen LogP contribution in [0, 0.1) is 0 Å². The first-order valence-corrected chi connectivity index (χ1v) is 4.87. The van der Waals surface area contributed by atoms with Crippen molar-refractivity contribution in [2.45, 2.75) is 38.1 Å². The van der Waals surface area contributed by atoms with E-state index in [2.05, 4.69) is 15.8 Å². The predicted octanol–water partition coefficient (Wildman–Crippen LogP) is 1.15. The quantitative estimate of drug-likeness (QED) is 0.498. The molecule has 4 heteroatoms. The van der Waals surface area contributed by atoms with Crippen LogP contribution in [0.5, 0.6) is 0 Å². The molecule has 0 amide bonds. The lowest BCUT2D eigenvalue weighted by molar-refractivity contribution is 0.772. The first kappa shape index (κ1) is 7.98. The second kappa shape index (κ2) is 3.39. The van der Waals surface area contributed by atoms with Crippen LogP contribution in [0.25, 0.3) is 0 Å². The van der Waals surface area contributed by atoms with Gasteiger partial charge in [0.05, 0.1) is 0 Å². The Kier molecular flexibility index (Phi) is 2.26. The van der Waals surface area contributed by atoms with Gasteiger partial charge in [-0.25, -0.2) is 0 Å². The number of rotatable bonds is 2. The first-order valence-electron chi connectivity index (χ1n) is 4.46. The van der Waals surface area contributed by atoms with E-state index in [9.17, 15) is 0 Å². The van der Waals surface area contributed by atoms with Crippen molar-refractivity contribution in [1.82, 2.24) is 10.7 Å². The summed E-state index contributed by atoms with van der Waals surface area (Å²) in [6.07, 6.45) is 6.05. The summed E-state index contributed by atoms with van der Waals surface area (Å²) in [7, 11) is 0. The van der Waals surface area contributed by atoms with Crippen LogP contribution in [-0.2, 0) is 0 Å². The van der Waals surface area contributed by atoms with Gasteiger partial charge in [-0.15, -0.1) is 0 Å². The molecule has 0 aromatic rings. The first-order chi connectivity index (χ1) is 5.84. The Bertz CT molecular complexity index is 214. The lowest BCUT2D eigenvalue weighted by Gasteiger charge is -2.14. The number of hydrogen-bond acceptors (Lipinski definition) is 2. The molecule has 3 nitrogen and oxygen atoms in total. The Morgan fingerprint density at radius 2 is 2.17 bits per heavy atom. The van der Waals surface area contributed by atoms with E-state index in [-0.39, 0.29) is 0 Å². The molecule has 2 aliphatic carbocycles. The highest BCUT2D eigenvalue weighted by Crippen LogP contribution is 2.18. The highest BCUT2D eigenvalue weighted by Gasteiger charge is 2.21. The molecule has 0 spiro atoms. The van der Waals surface area contributed by atoms with Gasteiger partial charge in [0, 0.05) is 11.8 Å². The fraction of sp³-hybridized carbons (Fsp3) is 0.750. The van der Waals surface area contributed by atoms with Gasteiger partial charge in [-0.3, -0.25) is 5.43 Å². The van der Waals surface area contributed by atoms with Crippen molar-refractivity contribution >= 4 is 23.0 Å². The predicted molar refractivity (Wildman–Crippen MR) is 53.2 cm³/mol. The van der Waals surface area contributed by atoms with Crippen molar-refractivity contribution in [3.63, 3.8) is 0 Å². The molecule has 2 rings (SSSR count). The third kappa shape index (κ3) is 2.17. The van der Waals surface area contributed by atoms with Crippen molar-refractivity contribution in [2.75, 3.05) is 0 Å². The lowest BCUT2D eigenvalue weighted by atomic mass is 9.98. The van der Waals surface area contributed by atoms with Crippen LogP contribution >= 0.6 is 12.2 Å². The summed E-state index contributed by atoms with van der Waals surface area (Å²) in [4.78, 5) is 0. The van der Waals surface area contributed by atoms with Crippen molar-refractivity contribution in [1.29, 1.82) is 0 Å². The summed E-state index contributed by atoms with van der Waals surface area (Å²) in [5.74, 6) is 0. The molecule has 0 bridgehead atoms. The summed E-state index contributed by atoms with van der Waals surface area (Å²) in [5, 5.41) is 8.02. The Morgan fingerprint density at radius 3 is 2.67 bits per heavy atom. The van der Waals surface area contributed by atoms with Crippen molar-refractivity contribution < 1.29 is 0 Å². The zero-order valence-electron chi connectivity index (χ0n) is 6.97. The Hall–Kier alpha value is -0.640. The SMILES string of the molecule is S=C(NN=C1CCC1)NC1CC1. The van der Waals surface area contributed by atoms with Gasteiger partial charge < -0.3 is 5.32 Å². The van der Waals surface area contributed by atoms with Crippen LogP contribution in [0.3, 0.4) is 0 Å². The van der Waals surface area contributed by atoms with Crippen molar-refractivity contribution in [3.8, 4) is 0 Å². The molecule has 12 heavy (non-hydrogen) atoms. The molecule has 0 atom stereocenters. The van der Waals surface area contributed by atoms with E-state index in [1.54, 1.807) is 0 Å². The van der Waals surface area contributed by atoms with Gasteiger partial charge in [0.15, 0.2) is 5.11 Å². The molecule has 0 radical (unpaired) electrons. The highest BCUT2D eigenvalue weighted by molar-refractivity contribution is 7.80. The molecule has 0 saturated heterocycles. The van der Waals surface area contributed by atoms with E-state index in [1.165, 1.54) is 25.0 Å². The van der Waals surface area contributed by atoms with Gasteiger partial charge in [0.1, 0.15) is 0 Å². The summed E-state index contributed by atoms with van der Waals surface area (Å²) in [6.45, 7) is 0. The number of hydrogen-bond donors (Lipinski definition) is 2. The van der Waals surface area contributed by atoms with Crippen LogP contribution in [0.2, 0.25) is 0 Å². The summed E-state index contributed by atoms with van der Waals surface area (Å²) >= 11 is 5.03. The zero-order valence-corrected chi connectivity index (χ0v) is 7.78. The molecule has 2 fully saturated rings. The molecule has 0 aliphatic heterocycles. The Morgan fingerprint density at radius 1 is 1.42 bits per heavy atom. The van der Waals surface area contributed by atoms with Gasteiger partial charge in [0.2, 0.25) is 0 Å². The van der Waals surface area contributed by atoms with Crippen LogP contribution < -0.4 is 10.7 Å². The smallest absolute Gasteiger partial charge is 0.187 e. The third-order valence-corrected chi connectivity index (χ3v) is 2.37. The number of nitrogens with zero attached hydrogens (tertiary/aromatic N) is 1. The minimum absolute atomic E-state index is 0.617. The van der Waals surface area contributed by atoms with Crippen LogP contribution in [0.4, 0.5) is 0 Å². The van der Waals surface area contributed by atoms with Gasteiger partial charge >= 0.3 is 0 Å². The largest absolute Gasteiger partial charge is 0.359 e. The van der Waals surface area contributed by atoms with E-state index in [1.807, 2.05) is 0 Å². The molecule has 2 saturated carbocycles.